The highest BCUT2D eigenvalue weighted by Gasteiger charge is 2.40. The van der Waals surface area contributed by atoms with E-state index in [0.29, 0.717) is 49.2 Å². The molecule has 0 bridgehead atoms. The lowest BCUT2D eigenvalue weighted by molar-refractivity contribution is -0.385. The summed E-state index contributed by atoms with van der Waals surface area (Å²) in [5.74, 6) is -20.5. The van der Waals surface area contributed by atoms with E-state index in [1.165, 1.54) is 31.2 Å². The summed E-state index contributed by atoms with van der Waals surface area (Å²) in [5, 5.41) is 104. The predicted octanol–water partition coefficient (Wildman–Crippen LogP) is -2.89. The number of carbonyl (C=O) groups is 16. The number of hydrogen-bond donors (Lipinski definition) is 23. The third-order valence-electron chi connectivity index (χ3n) is 20.2. The van der Waals surface area contributed by atoms with Crippen LogP contribution < -0.4 is 91.6 Å². The standard InChI is InChI=1S/C83H106N22O23S2/c1-43(85)70(112)90-39-67(111)91-63-41-129-130-42-64(83(125)126)100-79(121)62(40-106)99-82(124)69(45(3)108)102-78(120)59(34-48-24-27-51(109)28-25-48)98-81(123)68(44(2)107)101-73(115)56(22-12-14-30-84)92-76(118)60(35-49-38-89-54-21-11-10-20-52(49)54)96-75(117)58(33-47-18-8-5-9-19-47)94-74(116)57(32-46-16-6-4-7-17-46)95-77(119)61(37-66(86)110)97-72(114)55(93-80(63)122)23-13-15-31-88-71(113)53-36-50(103-104-87)26-29-65(53)105(127)128/h4-11,16-21,24-29,36,38,43-45,55-64,68-69,89,106-109H,12-15,22-23,30-35,37,39-42,84-85H2,1-3H3,(H2,86,110)(H,88,113)(H,90,112)(H,91,111)(H,92,118)(H,93,122)(H,94,116)(H,95,119)(H,96,117)(H,97,114)(H,98,123)(H,99,124)(H,100,121)(H,101,115)(H,102,120)(H,125,126)/t43-,44+,45+,55-,56-,57-,58-,59-,60-,61-,62-,63-,64-,68?,69?/m0/s1. The number of aromatic hydroxyl groups is 1. The van der Waals surface area contributed by atoms with Crippen molar-refractivity contribution in [3.63, 3.8) is 0 Å². The van der Waals surface area contributed by atoms with Crippen molar-refractivity contribution in [2.24, 2.45) is 22.3 Å². The van der Waals surface area contributed by atoms with E-state index < -0.39 is 245 Å². The summed E-state index contributed by atoms with van der Waals surface area (Å²) in [6, 6.07) is 7.71. The maximum absolute atomic E-state index is 15.5. The first-order chi connectivity index (χ1) is 62.0. The summed E-state index contributed by atoms with van der Waals surface area (Å²) >= 11 is 0. The molecule has 1 fully saturated rings. The molecule has 2 heterocycles. The smallest absolute Gasteiger partial charge is 0.327 e. The fourth-order valence-corrected chi connectivity index (χ4v) is 15.5. The van der Waals surface area contributed by atoms with E-state index >= 15 is 24.0 Å². The number of nitrogens with one attached hydrogen (secondary N) is 15. The summed E-state index contributed by atoms with van der Waals surface area (Å²) in [5.41, 5.74) is 27.2. The molecule has 1 aromatic heterocycles. The lowest BCUT2D eigenvalue weighted by Crippen LogP contribution is -2.63. The van der Waals surface area contributed by atoms with Gasteiger partial charge in [0.25, 0.3) is 11.6 Å². The Bertz CT molecular complexity index is 5050. The number of aromatic amines is 1. The number of carboxylic acids is 1. The quantitative estimate of drug-likeness (QED) is 0.00409. The summed E-state index contributed by atoms with van der Waals surface area (Å²) in [6.07, 6.45) is -5.26. The lowest BCUT2D eigenvalue weighted by atomic mass is 10.00. The molecule has 15 amide bonds. The zero-order valence-electron chi connectivity index (χ0n) is 70.8. The van der Waals surface area contributed by atoms with Gasteiger partial charge < -0.3 is 122 Å². The molecule has 130 heavy (non-hydrogen) atoms. The molecule has 2 unspecified atom stereocenters. The number of amides is 15. The number of nitro groups is 1. The van der Waals surface area contributed by atoms with E-state index in [1.807, 2.05) is 0 Å². The van der Waals surface area contributed by atoms with E-state index in [-0.39, 0.29) is 81.5 Å². The third-order valence-corrected chi connectivity index (χ3v) is 22.6. The average Bonchev–Trinajstić information content (AvgIpc) is 1.68. The number of H-pyrrole nitrogens is 1. The minimum absolute atomic E-state index is 0.0873. The minimum Gasteiger partial charge on any atom is -0.508 e. The van der Waals surface area contributed by atoms with Crippen LogP contribution >= 0.6 is 21.6 Å². The number of unbranched alkanes of at least 4 members (excludes halogenated alkanes) is 2. The number of para-hydroxylation sites is 1. The van der Waals surface area contributed by atoms with Crippen LogP contribution in [0.4, 0.5) is 11.4 Å². The van der Waals surface area contributed by atoms with Crippen LogP contribution in [0.5, 0.6) is 5.75 Å². The molecule has 0 spiro atoms. The summed E-state index contributed by atoms with van der Waals surface area (Å²) in [7, 11) is 1.32. The molecule has 1 aliphatic heterocycles. The highest BCUT2D eigenvalue weighted by atomic mass is 33.1. The van der Waals surface area contributed by atoms with Crippen molar-refractivity contribution in [3.05, 3.63) is 182 Å². The van der Waals surface area contributed by atoms with Crippen molar-refractivity contribution in [3.8, 4) is 5.75 Å². The Kier molecular flexibility index (Phi) is 41.2. The van der Waals surface area contributed by atoms with Gasteiger partial charge in [0.05, 0.1) is 42.7 Å². The van der Waals surface area contributed by atoms with Gasteiger partial charge >= 0.3 is 5.97 Å². The van der Waals surface area contributed by atoms with Gasteiger partial charge in [-0.1, -0.05) is 118 Å². The Morgan fingerprint density at radius 3 is 1.55 bits per heavy atom. The Labute approximate surface area is 751 Å². The maximum Gasteiger partial charge on any atom is 0.327 e. The fraction of sp³-hybridized carbons (Fsp3) is 0.422. The maximum atomic E-state index is 15.5. The number of phenolic OH excluding ortho intramolecular Hbond substituents is 1. The minimum atomic E-state index is -2.07. The molecule has 45 nitrogen and oxygen atoms in total. The molecule has 47 heteroatoms. The highest BCUT2D eigenvalue weighted by Crippen LogP contribution is 2.27. The van der Waals surface area contributed by atoms with E-state index in [2.05, 4.69) is 89.4 Å². The fourth-order valence-electron chi connectivity index (χ4n) is 13.2. The molecule has 6 aromatic rings. The molecule has 0 saturated carbocycles. The number of aliphatic hydroxyl groups excluding tert-OH is 3. The first-order valence-corrected chi connectivity index (χ1v) is 43.6. The van der Waals surface area contributed by atoms with Crippen molar-refractivity contribution < 1.29 is 107 Å². The zero-order valence-corrected chi connectivity index (χ0v) is 72.4. The number of hydrogen-bond acceptors (Lipinski definition) is 27. The Balaban J connectivity index is 1.34. The summed E-state index contributed by atoms with van der Waals surface area (Å²) < 4.78 is 0. The number of carbonyl (C=O) groups excluding carboxylic acids is 15. The van der Waals surface area contributed by atoms with Gasteiger partial charge in [-0.2, -0.15) is 0 Å². The van der Waals surface area contributed by atoms with E-state index in [0.717, 1.165) is 32.0 Å². The first-order valence-electron chi connectivity index (χ1n) is 41.1. The number of phenols is 1. The van der Waals surface area contributed by atoms with Crippen LogP contribution in [-0.4, -0.2) is 259 Å². The summed E-state index contributed by atoms with van der Waals surface area (Å²) in [4.78, 5) is 247. The van der Waals surface area contributed by atoms with E-state index in [1.54, 1.807) is 91.1 Å². The number of nitrogens with two attached hydrogens (primary N) is 3. The molecule has 1 saturated heterocycles. The number of benzene rings is 5. The molecule has 7 rings (SSSR count). The SMILES string of the molecule is C[C@H](N)C(=O)NCC(=O)N[C@H]1CSSC[C@@H](C(=O)O)NC(=O)[C@H](CO)NC(=O)C([C@@H](C)O)NC(=O)[C@H](Cc2ccc(O)cc2)NC(=O)C([C@@H](C)O)NC(=O)[C@H](CCCCN)NC(=O)[C@H](Cc2c[nH]c3ccccc23)NC(=O)[C@H](Cc2ccccc2)NC(=O)[C@H](Cc2ccccc2)NC(=O)[C@H](CC(N)=O)NC(=O)[C@H](CCCCNC(=O)c2cc(N=[N+]=[N-])ccc2[N+](=O)[O-])NC1=O. The number of nitro benzene ring substituents is 1. The van der Waals surface area contributed by atoms with Gasteiger partial charge in [0.15, 0.2) is 0 Å². The monoisotopic (exact) mass is 1840 g/mol. The van der Waals surface area contributed by atoms with Gasteiger partial charge in [-0.05, 0) is 124 Å². The van der Waals surface area contributed by atoms with Crippen LogP contribution in [0.15, 0.2) is 139 Å². The zero-order chi connectivity index (χ0) is 95.3. The van der Waals surface area contributed by atoms with Crippen molar-refractivity contribution in [1.82, 2.24) is 79.4 Å². The van der Waals surface area contributed by atoms with Gasteiger partial charge in [0.1, 0.15) is 83.8 Å². The Morgan fingerprint density at radius 2 is 1.02 bits per heavy atom. The average molecular weight is 1840 g/mol. The number of aliphatic hydroxyl groups is 3. The number of carboxylic acid groups (broad SMARTS) is 1. The Morgan fingerprint density at radius 1 is 0.562 bits per heavy atom. The molecule has 1 aliphatic rings. The number of azide groups is 1. The van der Waals surface area contributed by atoms with Gasteiger partial charge in [-0.15, -0.1) is 0 Å². The largest absolute Gasteiger partial charge is 0.508 e. The van der Waals surface area contributed by atoms with Crippen molar-refractivity contribution in [1.29, 1.82) is 0 Å². The summed E-state index contributed by atoms with van der Waals surface area (Å²) in [6.45, 7) is 1.12. The van der Waals surface area contributed by atoms with Crippen LogP contribution in [0.1, 0.15) is 98.3 Å². The third kappa shape index (κ3) is 32.8. The number of aromatic nitrogens is 1. The number of nitrogens with zero attached hydrogens (tertiary/aromatic N) is 4. The molecular formula is C83H106N22O23S2. The molecule has 0 radical (unpaired) electrons. The topological polar surface area (TPSA) is 728 Å². The molecule has 26 N–H and O–H groups in total. The number of primary amides is 1. The molecule has 0 aliphatic carbocycles. The van der Waals surface area contributed by atoms with Crippen molar-refractivity contribution in [2.75, 3.05) is 37.7 Å². The molecule has 15 atom stereocenters. The molecule has 698 valence electrons. The van der Waals surface area contributed by atoms with Crippen LogP contribution in [0, 0.1) is 10.1 Å². The second-order valence-electron chi connectivity index (χ2n) is 30.4. The van der Waals surface area contributed by atoms with Gasteiger partial charge in [0, 0.05) is 77.5 Å². The Hall–Kier alpha value is -13.8. The normalized spacial score (nSPS) is 22.2. The number of fused-ring (bicyclic) bond motifs is 1. The van der Waals surface area contributed by atoms with E-state index in [9.17, 15) is 88.4 Å². The van der Waals surface area contributed by atoms with Crippen LogP contribution in [0.2, 0.25) is 0 Å². The van der Waals surface area contributed by atoms with Gasteiger partial charge in [-0.3, -0.25) is 82.0 Å². The van der Waals surface area contributed by atoms with Crippen LogP contribution in [-0.2, 0) is 97.6 Å². The predicted molar refractivity (Wildman–Crippen MR) is 472 cm³/mol. The first kappa shape index (κ1) is 103. The second-order valence-corrected chi connectivity index (χ2v) is 32.9. The second kappa shape index (κ2) is 51.8. The lowest BCUT2D eigenvalue weighted by Gasteiger charge is -2.29. The molecule has 5 aromatic carbocycles. The number of aliphatic carboxylic acids is 1. The van der Waals surface area contributed by atoms with Crippen LogP contribution in [0.3, 0.4) is 0 Å². The van der Waals surface area contributed by atoms with Crippen molar-refractivity contribution in [2.45, 2.75) is 182 Å². The van der Waals surface area contributed by atoms with Crippen LogP contribution in [0.25, 0.3) is 21.3 Å². The van der Waals surface area contributed by atoms with Gasteiger partial charge in [0.2, 0.25) is 82.7 Å². The number of rotatable bonds is 30. The van der Waals surface area contributed by atoms with Crippen molar-refractivity contribution >= 4 is 138 Å². The molecular weight excluding hydrogens is 1740 g/mol. The van der Waals surface area contributed by atoms with Gasteiger partial charge in [-0.25, -0.2) is 4.79 Å². The highest BCUT2D eigenvalue weighted by molar-refractivity contribution is 8.76. The van der Waals surface area contributed by atoms with E-state index in [4.69, 9.17) is 22.7 Å².